The average molecular weight is 316 g/mol. The molecule has 6 nitrogen and oxygen atoms in total. The first kappa shape index (κ1) is 14.5. The lowest BCUT2D eigenvalue weighted by atomic mass is 10.2. The molecule has 0 aliphatic carbocycles. The summed E-state index contributed by atoms with van der Waals surface area (Å²) in [5.41, 5.74) is 1.95. The van der Waals surface area contributed by atoms with Crippen LogP contribution in [0.3, 0.4) is 0 Å². The van der Waals surface area contributed by atoms with Gasteiger partial charge in [-0.3, -0.25) is 9.89 Å². The van der Waals surface area contributed by atoms with E-state index in [2.05, 4.69) is 15.4 Å². The molecule has 0 saturated carbocycles. The molecule has 1 atom stereocenters. The van der Waals surface area contributed by atoms with E-state index < -0.39 is 0 Å². The van der Waals surface area contributed by atoms with Crippen LogP contribution < -0.4 is 0 Å². The Bertz CT molecular complexity index is 775. The highest BCUT2D eigenvalue weighted by atomic mass is 32.1. The van der Waals surface area contributed by atoms with Gasteiger partial charge in [-0.15, -0.1) is 11.3 Å². The molecule has 0 aliphatic rings. The standard InChI is InChI=1S/C15H16N4O2S/c1-9-4-5-14(22-9)12-8-13(17-16-12)15(20)19(3)10(2)11-6-7-21-18-11/h4-8,10H,1-3H3,(H,16,17)/t10-/m0/s1. The first-order valence-corrected chi connectivity index (χ1v) is 7.67. The first-order valence-electron chi connectivity index (χ1n) is 6.86. The van der Waals surface area contributed by atoms with Crippen molar-refractivity contribution in [2.75, 3.05) is 7.05 Å². The molecule has 1 N–H and O–H groups in total. The molecule has 0 spiro atoms. The van der Waals surface area contributed by atoms with Crippen LogP contribution in [0.15, 0.2) is 35.1 Å². The number of nitrogens with one attached hydrogen (secondary N) is 1. The predicted octanol–water partition coefficient (Wildman–Crippen LogP) is 3.27. The molecule has 3 heterocycles. The lowest BCUT2D eigenvalue weighted by molar-refractivity contribution is 0.0731. The number of aromatic nitrogens is 3. The maximum atomic E-state index is 12.5. The molecule has 0 saturated heterocycles. The van der Waals surface area contributed by atoms with E-state index in [1.807, 2.05) is 26.0 Å². The van der Waals surface area contributed by atoms with Gasteiger partial charge in [0.05, 0.1) is 16.6 Å². The molecule has 1 amide bonds. The van der Waals surface area contributed by atoms with Gasteiger partial charge in [-0.05, 0) is 32.0 Å². The number of H-pyrrole nitrogens is 1. The van der Waals surface area contributed by atoms with E-state index in [4.69, 9.17) is 4.52 Å². The minimum absolute atomic E-state index is 0.161. The lowest BCUT2D eigenvalue weighted by Gasteiger charge is -2.21. The molecule has 22 heavy (non-hydrogen) atoms. The lowest BCUT2D eigenvalue weighted by Crippen LogP contribution is -2.30. The molecular formula is C15H16N4O2S. The van der Waals surface area contributed by atoms with Crippen LogP contribution in [0, 0.1) is 6.92 Å². The Morgan fingerprint density at radius 1 is 1.41 bits per heavy atom. The van der Waals surface area contributed by atoms with Gasteiger partial charge in [-0.25, -0.2) is 0 Å². The number of carbonyl (C=O) groups excluding carboxylic acids is 1. The molecule has 0 aliphatic heterocycles. The number of hydrogen-bond donors (Lipinski definition) is 1. The van der Waals surface area contributed by atoms with Crippen LogP contribution in [0.4, 0.5) is 0 Å². The van der Waals surface area contributed by atoms with Gasteiger partial charge in [0, 0.05) is 18.0 Å². The van der Waals surface area contributed by atoms with Gasteiger partial charge in [-0.2, -0.15) is 5.10 Å². The van der Waals surface area contributed by atoms with Crippen molar-refractivity contribution in [1.82, 2.24) is 20.3 Å². The number of aryl methyl sites for hydroxylation is 1. The molecule has 0 bridgehead atoms. The van der Waals surface area contributed by atoms with Crippen molar-refractivity contribution < 1.29 is 9.32 Å². The highest BCUT2D eigenvalue weighted by molar-refractivity contribution is 7.15. The summed E-state index contributed by atoms with van der Waals surface area (Å²) in [5, 5.41) is 10.9. The van der Waals surface area contributed by atoms with Gasteiger partial charge in [0.15, 0.2) is 5.69 Å². The Morgan fingerprint density at radius 2 is 2.23 bits per heavy atom. The van der Waals surface area contributed by atoms with Gasteiger partial charge >= 0.3 is 0 Å². The summed E-state index contributed by atoms with van der Waals surface area (Å²) in [7, 11) is 1.73. The van der Waals surface area contributed by atoms with Crippen molar-refractivity contribution in [3.05, 3.63) is 46.8 Å². The number of thiophene rings is 1. The van der Waals surface area contributed by atoms with E-state index in [0.717, 1.165) is 10.6 Å². The summed E-state index contributed by atoms with van der Waals surface area (Å²) >= 11 is 1.66. The molecule has 3 aromatic rings. The summed E-state index contributed by atoms with van der Waals surface area (Å²) in [6, 6.07) is 7.40. The summed E-state index contributed by atoms with van der Waals surface area (Å²) in [4.78, 5) is 16.4. The monoisotopic (exact) mass is 316 g/mol. The van der Waals surface area contributed by atoms with Gasteiger partial charge < -0.3 is 9.42 Å². The Morgan fingerprint density at radius 3 is 2.86 bits per heavy atom. The number of amides is 1. The van der Waals surface area contributed by atoms with Crippen LogP contribution in [0.2, 0.25) is 0 Å². The van der Waals surface area contributed by atoms with Crippen molar-refractivity contribution in [2.45, 2.75) is 19.9 Å². The second kappa shape index (κ2) is 5.76. The summed E-state index contributed by atoms with van der Waals surface area (Å²) in [5.74, 6) is -0.161. The van der Waals surface area contributed by atoms with Crippen molar-refractivity contribution >= 4 is 17.2 Å². The number of hydrogen-bond acceptors (Lipinski definition) is 5. The van der Waals surface area contributed by atoms with Crippen molar-refractivity contribution in [3.8, 4) is 10.6 Å². The SMILES string of the molecule is Cc1ccc(-c2cc(C(=O)N(C)[C@@H](C)c3ccon3)n[nH]2)s1. The highest BCUT2D eigenvalue weighted by Gasteiger charge is 2.23. The van der Waals surface area contributed by atoms with Crippen LogP contribution in [0.25, 0.3) is 10.6 Å². The molecule has 3 rings (SSSR count). The summed E-state index contributed by atoms with van der Waals surface area (Å²) < 4.78 is 4.83. The average Bonchev–Trinajstić information content (AvgIpc) is 3.24. The third-order valence-electron chi connectivity index (χ3n) is 3.59. The summed E-state index contributed by atoms with van der Waals surface area (Å²) in [6.07, 6.45) is 1.50. The Labute approximate surface area is 131 Å². The molecule has 3 aromatic heterocycles. The van der Waals surface area contributed by atoms with Crippen molar-refractivity contribution in [1.29, 1.82) is 0 Å². The van der Waals surface area contributed by atoms with Crippen LogP contribution in [-0.2, 0) is 0 Å². The molecule has 0 radical (unpaired) electrons. The molecule has 114 valence electrons. The molecule has 7 heteroatoms. The zero-order chi connectivity index (χ0) is 15.7. The van der Waals surface area contributed by atoms with Crippen LogP contribution in [-0.4, -0.2) is 33.2 Å². The second-order valence-electron chi connectivity index (χ2n) is 5.09. The predicted molar refractivity (Wildman–Crippen MR) is 83.6 cm³/mol. The Balaban J connectivity index is 1.79. The third kappa shape index (κ3) is 2.67. The smallest absolute Gasteiger partial charge is 0.274 e. The van der Waals surface area contributed by atoms with Crippen LogP contribution in [0.1, 0.15) is 34.0 Å². The Kier molecular flexibility index (Phi) is 3.81. The van der Waals surface area contributed by atoms with Gasteiger partial charge in [0.2, 0.25) is 0 Å². The fourth-order valence-electron chi connectivity index (χ4n) is 2.13. The largest absolute Gasteiger partial charge is 0.364 e. The molecular weight excluding hydrogens is 300 g/mol. The summed E-state index contributed by atoms with van der Waals surface area (Å²) in [6.45, 7) is 3.94. The zero-order valence-corrected chi connectivity index (χ0v) is 13.3. The maximum Gasteiger partial charge on any atom is 0.274 e. The van der Waals surface area contributed by atoms with Crippen molar-refractivity contribution in [3.63, 3.8) is 0 Å². The third-order valence-corrected chi connectivity index (χ3v) is 4.62. The molecule has 0 fully saturated rings. The highest BCUT2D eigenvalue weighted by Crippen LogP contribution is 2.27. The number of nitrogens with zero attached hydrogens (tertiary/aromatic N) is 3. The van der Waals surface area contributed by atoms with Crippen LogP contribution in [0.5, 0.6) is 0 Å². The van der Waals surface area contributed by atoms with Gasteiger partial charge in [0.25, 0.3) is 5.91 Å². The number of rotatable bonds is 4. The van der Waals surface area contributed by atoms with Gasteiger partial charge in [0.1, 0.15) is 12.0 Å². The fraction of sp³-hybridized carbons (Fsp3) is 0.267. The quantitative estimate of drug-likeness (QED) is 0.801. The van der Waals surface area contributed by atoms with E-state index in [-0.39, 0.29) is 11.9 Å². The minimum atomic E-state index is -0.185. The van der Waals surface area contributed by atoms with E-state index in [0.29, 0.717) is 11.4 Å². The maximum absolute atomic E-state index is 12.5. The van der Waals surface area contributed by atoms with E-state index in [1.165, 1.54) is 11.1 Å². The molecule has 0 aromatic carbocycles. The first-order chi connectivity index (χ1) is 10.6. The van der Waals surface area contributed by atoms with Gasteiger partial charge in [-0.1, -0.05) is 5.16 Å². The van der Waals surface area contributed by atoms with Crippen molar-refractivity contribution in [2.24, 2.45) is 0 Å². The molecule has 0 unspecified atom stereocenters. The number of carbonyl (C=O) groups is 1. The topological polar surface area (TPSA) is 75.0 Å². The Hall–Kier alpha value is -2.41. The fourth-order valence-corrected chi connectivity index (χ4v) is 2.96. The van der Waals surface area contributed by atoms with E-state index >= 15 is 0 Å². The van der Waals surface area contributed by atoms with Crippen LogP contribution >= 0.6 is 11.3 Å². The van der Waals surface area contributed by atoms with E-state index in [1.54, 1.807) is 35.4 Å². The normalized spacial score (nSPS) is 12.3. The second-order valence-corrected chi connectivity index (χ2v) is 6.38. The zero-order valence-electron chi connectivity index (χ0n) is 12.5. The van der Waals surface area contributed by atoms with E-state index in [9.17, 15) is 4.79 Å². The minimum Gasteiger partial charge on any atom is -0.364 e. The number of aromatic amines is 1.